The van der Waals surface area contributed by atoms with Crippen LogP contribution in [0.4, 0.5) is 9.18 Å². The number of methoxy groups -OCH3 is 1. The van der Waals surface area contributed by atoms with Crippen LogP contribution in [0.15, 0.2) is 47.4 Å². The zero-order valence-electron chi connectivity index (χ0n) is 13.2. The predicted molar refractivity (Wildman–Crippen MR) is 104 cm³/mol. The second kappa shape index (κ2) is 7.57. The first kappa shape index (κ1) is 17.9. The number of benzene rings is 2. The third-order valence-electron chi connectivity index (χ3n) is 3.58. The molecular weight excluding hydrogens is 456 g/mol. The Hall–Kier alpha value is -1.87. The van der Waals surface area contributed by atoms with Crippen molar-refractivity contribution in [2.24, 2.45) is 0 Å². The molecule has 0 bridgehead atoms. The van der Waals surface area contributed by atoms with Gasteiger partial charge < -0.3 is 4.74 Å². The van der Waals surface area contributed by atoms with E-state index in [1.54, 1.807) is 6.08 Å². The normalized spacial score (nSPS) is 16.0. The van der Waals surface area contributed by atoms with E-state index in [2.05, 4.69) is 22.6 Å². The maximum Gasteiger partial charge on any atom is 0.293 e. The SMILES string of the molecule is COc1cc(C=C2SC(=O)N(Cc3cccc(I)c3)C2=O)ccc1F. The highest BCUT2D eigenvalue weighted by molar-refractivity contribution is 14.1. The second-order valence-electron chi connectivity index (χ2n) is 5.29. The van der Waals surface area contributed by atoms with Gasteiger partial charge in [0.25, 0.3) is 11.1 Å². The molecule has 25 heavy (non-hydrogen) atoms. The summed E-state index contributed by atoms with van der Waals surface area (Å²) in [6.45, 7) is 0.228. The number of hydrogen-bond donors (Lipinski definition) is 0. The lowest BCUT2D eigenvalue weighted by Crippen LogP contribution is -2.27. The van der Waals surface area contributed by atoms with Crippen molar-refractivity contribution in [2.45, 2.75) is 6.54 Å². The third kappa shape index (κ3) is 4.04. The molecule has 1 fully saturated rings. The fourth-order valence-corrected chi connectivity index (χ4v) is 3.82. The molecule has 1 aliphatic rings. The third-order valence-corrected chi connectivity index (χ3v) is 5.15. The molecule has 0 aliphatic carbocycles. The van der Waals surface area contributed by atoms with Crippen LogP contribution in [0, 0.1) is 9.39 Å². The number of carbonyl (C=O) groups excluding carboxylic acids is 2. The van der Waals surface area contributed by atoms with Gasteiger partial charge in [0, 0.05) is 3.57 Å². The first-order chi connectivity index (χ1) is 12.0. The number of amides is 2. The van der Waals surface area contributed by atoms with Crippen LogP contribution in [0.2, 0.25) is 0 Å². The Bertz CT molecular complexity index is 884. The van der Waals surface area contributed by atoms with Gasteiger partial charge in [0.2, 0.25) is 0 Å². The Morgan fingerprint density at radius 2 is 2.04 bits per heavy atom. The molecular formula is C18H13FINO3S. The largest absolute Gasteiger partial charge is 0.494 e. The quantitative estimate of drug-likeness (QED) is 0.482. The molecule has 2 aromatic carbocycles. The van der Waals surface area contributed by atoms with Gasteiger partial charge in [-0.1, -0.05) is 18.2 Å². The van der Waals surface area contributed by atoms with E-state index in [-0.39, 0.29) is 23.4 Å². The maximum absolute atomic E-state index is 13.5. The van der Waals surface area contributed by atoms with E-state index in [0.717, 1.165) is 20.9 Å². The average molecular weight is 469 g/mol. The fraction of sp³-hybridized carbons (Fsp3) is 0.111. The molecule has 4 nitrogen and oxygen atoms in total. The second-order valence-corrected chi connectivity index (χ2v) is 7.53. The van der Waals surface area contributed by atoms with Gasteiger partial charge in [-0.05, 0) is 75.8 Å². The van der Waals surface area contributed by atoms with E-state index in [1.165, 1.54) is 30.2 Å². The number of imide groups is 1. The van der Waals surface area contributed by atoms with Crippen molar-refractivity contribution in [1.82, 2.24) is 4.90 Å². The highest BCUT2D eigenvalue weighted by atomic mass is 127. The van der Waals surface area contributed by atoms with E-state index < -0.39 is 5.82 Å². The topological polar surface area (TPSA) is 46.6 Å². The van der Waals surface area contributed by atoms with Crippen molar-refractivity contribution in [2.75, 3.05) is 7.11 Å². The molecule has 2 aromatic rings. The molecule has 0 aromatic heterocycles. The minimum Gasteiger partial charge on any atom is -0.494 e. The number of nitrogens with zero attached hydrogens (tertiary/aromatic N) is 1. The molecule has 0 radical (unpaired) electrons. The van der Waals surface area contributed by atoms with E-state index in [1.807, 2.05) is 24.3 Å². The molecule has 1 saturated heterocycles. The zero-order chi connectivity index (χ0) is 18.0. The summed E-state index contributed by atoms with van der Waals surface area (Å²) in [7, 11) is 1.37. The maximum atomic E-state index is 13.5. The van der Waals surface area contributed by atoms with E-state index >= 15 is 0 Å². The van der Waals surface area contributed by atoms with E-state index in [0.29, 0.717) is 10.5 Å². The Morgan fingerprint density at radius 1 is 1.24 bits per heavy atom. The van der Waals surface area contributed by atoms with Gasteiger partial charge in [0.05, 0.1) is 18.6 Å². The van der Waals surface area contributed by atoms with Gasteiger partial charge in [-0.3, -0.25) is 14.5 Å². The molecule has 128 valence electrons. The van der Waals surface area contributed by atoms with Gasteiger partial charge >= 0.3 is 0 Å². The Morgan fingerprint density at radius 3 is 2.76 bits per heavy atom. The molecule has 0 unspecified atom stereocenters. The van der Waals surface area contributed by atoms with Crippen molar-refractivity contribution < 1.29 is 18.7 Å². The number of thioether (sulfide) groups is 1. The summed E-state index contributed by atoms with van der Waals surface area (Å²) in [5.74, 6) is -0.740. The van der Waals surface area contributed by atoms with Gasteiger partial charge in [0.15, 0.2) is 11.6 Å². The smallest absolute Gasteiger partial charge is 0.293 e. The van der Waals surface area contributed by atoms with Gasteiger partial charge in [-0.25, -0.2) is 4.39 Å². The van der Waals surface area contributed by atoms with Crippen LogP contribution in [0.1, 0.15) is 11.1 Å². The van der Waals surface area contributed by atoms with Gasteiger partial charge in [-0.2, -0.15) is 0 Å². The lowest BCUT2D eigenvalue weighted by molar-refractivity contribution is -0.123. The number of ether oxygens (including phenoxy) is 1. The Balaban J connectivity index is 1.83. The summed E-state index contributed by atoms with van der Waals surface area (Å²) < 4.78 is 19.5. The summed E-state index contributed by atoms with van der Waals surface area (Å²) in [6, 6.07) is 11.9. The van der Waals surface area contributed by atoms with Crippen molar-refractivity contribution in [3.63, 3.8) is 0 Å². The fourth-order valence-electron chi connectivity index (χ4n) is 2.37. The number of rotatable bonds is 4. The summed E-state index contributed by atoms with van der Waals surface area (Å²) in [4.78, 5) is 26.3. The lowest BCUT2D eigenvalue weighted by atomic mass is 10.2. The van der Waals surface area contributed by atoms with Crippen LogP contribution in [0.25, 0.3) is 6.08 Å². The Labute approximate surface area is 162 Å². The Kier molecular flexibility index (Phi) is 5.43. The minimum absolute atomic E-state index is 0.0897. The summed E-state index contributed by atoms with van der Waals surface area (Å²) in [6.07, 6.45) is 1.57. The van der Waals surface area contributed by atoms with Gasteiger partial charge in [-0.15, -0.1) is 0 Å². The lowest BCUT2D eigenvalue weighted by Gasteiger charge is -2.12. The van der Waals surface area contributed by atoms with Crippen molar-refractivity contribution >= 4 is 51.6 Å². The number of halogens is 2. The zero-order valence-corrected chi connectivity index (χ0v) is 16.1. The van der Waals surface area contributed by atoms with Crippen LogP contribution in [-0.4, -0.2) is 23.2 Å². The number of carbonyl (C=O) groups is 2. The number of hydrogen-bond acceptors (Lipinski definition) is 4. The molecule has 0 N–H and O–H groups in total. The monoisotopic (exact) mass is 469 g/mol. The highest BCUT2D eigenvalue weighted by Gasteiger charge is 2.35. The highest BCUT2D eigenvalue weighted by Crippen LogP contribution is 2.34. The van der Waals surface area contributed by atoms with Crippen LogP contribution >= 0.6 is 34.4 Å². The summed E-state index contributed by atoms with van der Waals surface area (Å²) in [5.41, 5.74) is 1.48. The molecule has 1 aliphatic heterocycles. The van der Waals surface area contributed by atoms with Crippen molar-refractivity contribution in [3.8, 4) is 5.75 Å². The van der Waals surface area contributed by atoms with Crippen molar-refractivity contribution in [1.29, 1.82) is 0 Å². The van der Waals surface area contributed by atoms with Crippen LogP contribution < -0.4 is 4.74 Å². The van der Waals surface area contributed by atoms with Gasteiger partial charge in [0.1, 0.15) is 0 Å². The van der Waals surface area contributed by atoms with Crippen LogP contribution in [0.5, 0.6) is 5.75 Å². The molecule has 2 amide bonds. The summed E-state index contributed by atoms with van der Waals surface area (Å²) >= 11 is 3.06. The molecule has 0 spiro atoms. The molecule has 1 heterocycles. The van der Waals surface area contributed by atoms with Crippen molar-refractivity contribution in [3.05, 3.63) is 67.9 Å². The molecule has 3 rings (SSSR count). The standard InChI is InChI=1S/C18H13FINO3S/c1-24-15-8-11(5-6-14(15)19)9-16-17(22)21(18(23)25-16)10-12-3-2-4-13(20)7-12/h2-9H,10H2,1H3. The summed E-state index contributed by atoms with van der Waals surface area (Å²) in [5, 5.41) is -0.316. The van der Waals surface area contributed by atoms with Crippen LogP contribution in [-0.2, 0) is 11.3 Å². The predicted octanol–water partition coefficient (Wildman–Crippen LogP) is 4.68. The van der Waals surface area contributed by atoms with E-state index in [4.69, 9.17) is 4.74 Å². The molecule has 0 atom stereocenters. The van der Waals surface area contributed by atoms with Crippen LogP contribution in [0.3, 0.4) is 0 Å². The molecule has 7 heteroatoms. The molecule has 0 saturated carbocycles. The minimum atomic E-state index is -0.480. The average Bonchev–Trinajstić information content (AvgIpc) is 2.84. The first-order valence-electron chi connectivity index (χ1n) is 7.31. The van der Waals surface area contributed by atoms with E-state index in [9.17, 15) is 14.0 Å². The first-order valence-corrected chi connectivity index (χ1v) is 9.21.